The number of amides is 1. The Morgan fingerprint density at radius 3 is 2.72 bits per heavy atom. The number of pyridine rings is 1. The van der Waals surface area contributed by atoms with Crippen molar-refractivity contribution in [2.75, 3.05) is 0 Å². The van der Waals surface area contributed by atoms with Gasteiger partial charge in [-0.2, -0.15) is 0 Å². The zero-order valence-corrected chi connectivity index (χ0v) is 11.7. The number of nitrogens with zero attached hydrogens (tertiary/aromatic N) is 1. The molecule has 94 valence electrons. The summed E-state index contributed by atoms with van der Waals surface area (Å²) in [5.41, 5.74) is 0.513. The monoisotopic (exact) mass is 280 g/mol. The van der Waals surface area contributed by atoms with Gasteiger partial charge in [-0.25, -0.2) is 4.98 Å². The van der Waals surface area contributed by atoms with Crippen LogP contribution in [0.4, 0.5) is 0 Å². The van der Waals surface area contributed by atoms with Crippen LogP contribution in [0.25, 0.3) is 0 Å². The second-order valence-electron chi connectivity index (χ2n) is 4.01. The predicted octanol–water partition coefficient (Wildman–Crippen LogP) is 3.60. The molecule has 0 saturated heterocycles. The fraction of sp³-hybridized carbons (Fsp3) is 0.231. The van der Waals surface area contributed by atoms with E-state index in [-0.39, 0.29) is 11.9 Å². The minimum atomic E-state index is -0.141. The Labute approximate surface area is 115 Å². The molecule has 2 aromatic rings. The highest BCUT2D eigenvalue weighted by molar-refractivity contribution is 7.12. The molecule has 0 aromatic carbocycles. The van der Waals surface area contributed by atoms with Gasteiger partial charge in [-0.05, 0) is 38.1 Å². The third-order valence-corrected chi connectivity index (χ3v) is 3.93. The van der Waals surface area contributed by atoms with Crippen molar-refractivity contribution in [3.05, 3.63) is 50.9 Å². The number of thiophene rings is 1. The summed E-state index contributed by atoms with van der Waals surface area (Å²) in [6, 6.07) is 7.34. The summed E-state index contributed by atoms with van der Waals surface area (Å²) in [5.74, 6) is -0.141. The molecule has 1 atom stereocenters. The summed E-state index contributed by atoms with van der Waals surface area (Å²) >= 11 is 7.36. The lowest BCUT2D eigenvalue weighted by Gasteiger charge is -2.12. The van der Waals surface area contributed by atoms with Crippen LogP contribution in [0.1, 0.15) is 33.1 Å². The van der Waals surface area contributed by atoms with Crippen molar-refractivity contribution in [2.45, 2.75) is 19.9 Å². The Hall–Kier alpha value is -1.39. The third kappa shape index (κ3) is 3.09. The van der Waals surface area contributed by atoms with E-state index in [4.69, 9.17) is 11.6 Å². The second-order valence-corrected chi connectivity index (χ2v) is 5.72. The molecule has 0 radical (unpaired) electrons. The first-order chi connectivity index (χ1) is 8.56. The van der Waals surface area contributed by atoms with Crippen LogP contribution in [0.2, 0.25) is 5.15 Å². The zero-order chi connectivity index (χ0) is 13.1. The quantitative estimate of drug-likeness (QED) is 0.873. The van der Waals surface area contributed by atoms with Gasteiger partial charge in [0.1, 0.15) is 5.15 Å². The average Bonchev–Trinajstić information content (AvgIpc) is 2.76. The van der Waals surface area contributed by atoms with E-state index in [0.29, 0.717) is 10.7 Å². The number of rotatable bonds is 3. The van der Waals surface area contributed by atoms with E-state index in [9.17, 15) is 4.79 Å². The van der Waals surface area contributed by atoms with Gasteiger partial charge in [0.2, 0.25) is 0 Å². The Morgan fingerprint density at radius 2 is 2.17 bits per heavy atom. The molecule has 5 heteroatoms. The third-order valence-electron chi connectivity index (χ3n) is 2.53. The fourth-order valence-corrected chi connectivity index (χ4v) is 2.54. The molecule has 1 N–H and O–H groups in total. The summed E-state index contributed by atoms with van der Waals surface area (Å²) in [5, 5.41) is 3.32. The molecule has 2 rings (SSSR count). The maximum Gasteiger partial charge on any atom is 0.253 e. The van der Waals surface area contributed by atoms with Crippen LogP contribution in [0.15, 0.2) is 30.5 Å². The zero-order valence-electron chi connectivity index (χ0n) is 10.1. The summed E-state index contributed by atoms with van der Waals surface area (Å²) in [4.78, 5) is 18.2. The standard InChI is InChI=1S/C13H13ClN2OS/c1-8-3-5-11(18-8)9(2)16-13(17)10-4-6-12(14)15-7-10/h3-7,9H,1-2H3,(H,16,17). The van der Waals surface area contributed by atoms with E-state index in [1.54, 1.807) is 23.5 Å². The first kappa shape index (κ1) is 13.1. The largest absolute Gasteiger partial charge is 0.345 e. The van der Waals surface area contributed by atoms with E-state index >= 15 is 0 Å². The Morgan fingerprint density at radius 1 is 1.39 bits per heavy atom. The molecule has 0 aliphatic heterocycles. The van der Waals surface area contributed by atoms with Crippen LogP contribution in [0.3, 0.4) is 0 Å². The van der Waals surface area contributed by atoms with Gasteiger partial charge in [0, 0.05) is 16.0 Å². The predicted molar refractivity (Wildman–Crippen MR) is 74.2 cm³/mol. The maximum absolute atomic E-state index is 12.0. The molecule has 1 amide bonds. The van der Waals surface area contributed by atoms with Gasteiger partial charge in [-0.3, -0.25) is 4.79 Å². The van der Waals surface area contributed by atoms with E-state index in [0.717, 1.165) is 4.88 Å². The topological polar surface area (TPSA) is 42.0 Å². The van der Waals surface area contributed by atoms with Gasteiger partial charge >= 0.3 is 0 Å². The Bertz CT molecular complexity index is 550. The van der Waals surface area contributed by atoms with E-state index in [2.05, 4.69) is 10.3 Å². The van der Waals surface area contributed by atoms with Crippen molar-refractivity contribution in [1.29, 1.82) is 0 Å². The first-order valence-corrected chi connectivity index (χ1v) is 6.74. The number of nitrogens with one attached hydrogen (secondary N) is 1. The maximum atomic E-state index is 12.0. The van der Waals surface area contributed by atoms with Gasteiger partial charge < -0.3 is 5.32 Å². The number of hydrogen-bond donors (Lipinski definition) is 1. The molecule has 18 heavy (non-hydrogen) atoms. The first-order valence-electron chi connectivity index (χ1n) is 5.55. The van der Waals surface area contributed by atoms with Gasteiger partial charge in [0.15, 0.2) is 0 Å². The fourth-order valence-electron chi connectivity index (χ4n) is 1.55. The molecule has 2 heterocycles. The number of carbonyl (C=O) groups is 1. The molecular weight excluding hydrogens is 268 g/mol. The molecule has 0 aliphatic rings. The number of carbonyl (C=O) groups excluding carboxylic acids is 1. The lowest BCUT2D eigenvalue weighted by atomic mass is 10.2. The summed E-state index contributed by atoms with van der Waals surface area (Å²) in [6.45, 7) is 4.01. The molecule has 0 bridgehead atoms. The number of aryl methyl sites for hydroxylation is 1. The van der Waals surface area contributed by atoms with Crippen molar-refractivity contribution in [2.24, 2.45) is 0 Å². The van der Waals surface area contributed by atoms with Crippen molar-refractivity contribution in [3.8, 4) is 0 Å². The summed E-state index contributed by atoms with van der Waals surface area (Å²) < 4.78 is 0. The Balaban J connectivity index is 2.05. The Kier molecular flexibility index (Phi) is 3.99. The SMILES string of the molecule is Cc1ccc(C(C)NC(=O)c2ccc(Cl)nc2)s1. The van der Waals surface area contributed by atoms with Crippen LogP contribution < -0.4 is 5.32 Å². The van der Waals surface area contributed by atoms with Crippen LogP contribution in [-0.4, -0.2) is 10.9 Å². The highest BCUT2D eigenvalue weighted by Gasteiger charge is 2.12. The molecule has 0 aliphatic carbocycles. The number of hydrogen-bond acceptors (Lipinski definition) is 3. The van der Waals surface area contributed by atoms with Crippen molar-refractivity contribution < 1.29 is 4.79 Å². The van der Waals surface area contributed by atoms with E-state index in [1.165, 1.54) is 11.1 Å². The lowest BCUT2D eigenvalue weighted by Crippen LogP contribution is -2.26. The smallest absolute Gasteiger partial charge is 0.253 e. The molecule has 0 saturated carbocycles. The van der Waals surface area contributed by atoms with Gasteiger partial charge in [-0.1, -0.05) is 11.6 Å². The molecule has 3 nitrogen and oxygen atoms in total. The van der Waals surface area contributed by atoms with Crippen molar-refractivity contribution in [3.63, 3.8) is 0 Å². The van der Waals surface area contributed by atoms with Crippen LogP contribution >= 0.6 is 22.9 Å². The molecule has 2 aromatic heterocycles. The normalized spacial score (nSPS) is 12.2. The molecule has 0 fully saturated rings. The van der Waals surface area contributed by atoms with E-state index in [1.807, 2.05) is 26.0 Å². The van der Waals surface area contributed by atoms with Crippen molar-refractivity contribution >= 4 is 28.8 Å². The highest BCUT2D eigenvalue weighted by atomic mass is 35.5. The highest BCUT2D eigenvalue weighted by Crippen LogP contribution is 2.22. The van der Waals surface area contributed by atoms with Gasteiger partial charge in [0.05, 0.1) is 11.6 Å². The average molecular weight is 281 g/mol. The second kappa shape index (κ2) is 5.50. The van der Waals surface area contributed by atoms with E-state index < -0.39 is 0 Å². The van der Waals surface area contributed by atoms with Crippen LogP contribution in [0.5, 0.6) is 0 Å². The van der Waals surface area contributed by atoms with Gasteiger partial charge in [-0.15, -0.1) is 11.3 Å². The lowest BCUT2D eigenvalue weighted by molar-refractivity contribution is 0.0940. The van der Waals surface area contributed by atoms with Gasteiger partial charge in [0.25, 0.3) is 5.91 Å². The minimum absolute atomic E-state index is 0.00752. The minimum Gasteiger partial charge on any atom is -0.345 e. The number of halogens is 1. The summed E-state index contributed by atoms with van der Waals surface area (Å²) in [6.07, 6.45) is 1.48. The number of aromatic nitrogens is 1. The van der Waals surface area contributed by atoms with Crippen LogP contribution in [-0.2, 0) is 0 Å². The molecular formula is C13H13ClN2OS. The van der Waals surface area contributed by atoms with Crippen molar-refractivity contribution in [1.82, 2.24) is 10.3 Å². The summed E-state index contributed by atoms with van der Waals surface area (Å²) in [7, 11) is 0. The molecule has 1 unspecified atom stereocenters. The van der Waals surface area contributed by atoms with Crippen LogP contribution in [0, 0.1) is 6.92 Å². The molecule has 0 spiro atoms.